The maximum Gasteiger partial charge on any atom is 0.270 e. The van der Waals surface area contributed by atoms with Crippen LogP contribution < -0.4 is 0 Å². The fourth-order valence-electron chi connectivity index (χ4n) is 3.55. The van der Waals surface area contributed by atoms with Crippen LogP contribution in [0.25, 0.3) is 10.9 Å². The summed E-state index contributed by atoms with van der Waals surface area (Å²) in [4.78, 5) is 17.9. The van der Waals surface area contributed by atoms with Crippen LogP contribution in [0.4, 0.5) is 0 Å². The van der Waals surface area contributed by atoms with Crippen molar-refractivity contribution in [3.63, 3.8) is 0 Å². The lowest BCUT2D eigenvalue weighted by Gasteiger charge is -2.32. The van der Waals surface area contributed by atoms with Gasteiger partial charge in [-0.3, -0.25) is 4.79 Å². The van der Waals surface area contributed by atoms with Gasteiger partial charge in [0.25, 0.3) is 5.91 Å². The Morgan fingerprint density at radius 3 is 2.52 bits per heavy atom. The summed E-state index contributed by atoms with van der Waals surface area (Å²) in [5, 5.41) is 11.0. The zero-order valence-corrected chi connectivity index (χ0v) is 14.5. The SMILES string of the molecule is O=C(c1cc2cc(Cl)ccc2[nH]1)N1CCC(c2ccc(O)cc2)CC1. The van der Waals surface area contributed by atoms with Gasteiger partial charge in [0.2, 0.25) is 0 Å². The van der Waals surface area contributed by atoms with Gasteiger partial charge in [0.1, 0.15) is 11.4 Å². The Morgan fingerprint density at radius 2 is 1.80 bits per heavy atom. The highest BCUT2D eigenvalue weighted by Crippen LogP contribution is 2.30. The van der Waals surface area contributed by atoms with Crippen LogP contribution in [-0.4, -0.2) is 34.0 Å². The predicted molar refractivity (Wildman–Crippen MR) is 99.3 cm³/mol. The van der Waals surface area contributed by atoms with Crippen LogP contribution in [0.1, 0.15) is 34.8 Å². The average Bonchev–Trinajstić information content (AvgIpc) is 3.05. The summed E-state index contributed by atoms with van der Waals surface area (Å²) in [5.74, 6) is 0.762. The summed E-state index contributed by atoms with van der Waals surface area (Å²) >= 11 is 6.02. The zero-order valence-electron chi connectivity index (χ0n) is 13.7. The Bertz CT molecular complexity index is 909. The van der Waals surface area contributed by atoms with Gasteiger partial charge in [-0.15, -0.1) is 0 Å². The van der Waals surface area contributed by atoms with E-state index in [1.807, 2.05) is 41.3 Å². The maximum atomic E-state index is 12.8. The summed E-state index contributed by atoms with van der Waals surface area (Å²) in [5.41, 5.74) is 2.76. The third-order valence-corrected chi connectivity index (χ3v) is 5.19. The van der Waals surface area contributed by atoms with Crippen LogP contribution in [0.15, 0.2) is 48.5 Å². The van der Waals surface area contributed by atoms with Gasteiger partial charge < -0.3 is 15.0 Å². The van der Waals surface area contributed by atoms with Crippen LogP contribution >= 0.6 is 11.6 Å². The largest absolute Gasteiger partial charge is 0.508 e. The van der Waals surface area contributed by atoms with Gasteiger partial charge in [-0.1, -0.05) is 23.7 Å². The molecule has 1 aromatic heterocycles. The average molecular weight is 355 g/mol. The highest BCUT2D eigenvalue weighted by atomic mass is 35.5. The topological polar surface area (TPSA) is 56.3 Å². The number of aromatic amines is 1. The third-order valence-electron chi connectivity index (χ3n) is 4.96. The molecule has 5 heteroatoms. The number of hydrogen-bond acceptors (Lipinski definition) is 2. The number of amides is 1. The summed E-state index contributed by atoms with van der Waals surface area (Å²) in [6, 6.07) is 14.8. The van der Waals surface area contributed by atoms with Crippen molar-refractivity contribution in [3.8, 4) is 5.75 Å². The van der Waals surface area contributed by atoms with Crippen molar-refractivity contribution in [1.29, 1.82) is 0 Å². The predicted octanol–water partition coefficient (Wildman–Crippen LogP) is 4.55. The molecule has 2 aromatic carbocycles. The first-order chi connectivity index (χ1) is 12.1. The molecule has 0 bridgehead atoms. The van der Waals surface area contributed by atoms with E-state index in [2.05, 4.69) is 4.98 Å². The second-order valence-electron chi connectivity index (χ2n) is 6.57. The number of nitrogens with zero attached hydrogens (tertiary/aromatic N) is 1. The number of benzene rings is 2. The minimum atomic E-state index is 0.0384. The number of H-pyrrole nitrogens is 1. The summed E-state index contributed by atoms with van der Waals surface area (Å²) < 4.78 is 0. The highest BCUT2D eigenvalue weighted by molar-refractivity contribution is 6.31. The standard InChI is InChI=1S/C20H19ClN2O2/c21-16-3-6-18-15(11-16)12-19(22-18)20(25)23-9-7-14(8-10-23)13-1-4-17(24)5-2-13/h1-6,11-12,14,22,24H,7-10H2. The molecule has 4 rings (SSSR count). The molecule has 1 amide bonds. The number of phenolic OH excluding ortho intramolecular Hbond substituents is 1. The number of likely N-dealkylation sites (tertiary alicyclic amines) is 1. The summed E-state index contributed by atoms with van der Waals surface area (Å²) in [6.45, 7) is 1.47. The molecule has 0 atom stereocenters. The fourth-order valence-corrected chi connectivity index (χ4v) is 3.73. The van der Waals surface area contributed by atoms with E-state index < -0.39 is 0 Å². The van der Waals surface area contributed by atoms with Crippen LogP contribution in [0.3, 0.4) is 0 Å². The first kappa shape index (κ1) is 16.0. The molecule has 0 radical (unpaired) electrons. The Kier molecular flexibility index (Phi) is 4.14. The van der Waals surface area contributed by atoms with Gasteiger partial charge in [-0.2, -0.15) is 0 Å². The molecule has 4 nitrogen and oxygen atoms in total. The molecule has 0 spiro atoms. The van der Waals surface area contributed by atoms with E-state index in [0.29, 0.717) is 16.6 Å². The second-order valence-corrected chi connectivity index (χ2v) is 7.01. The number of hydrogen-bond donors (Lipinski definition) is 2. The number of piperidine rings is 1. The van der Waals surface area contributed by atoms with Crippen molar-refractivity contribution in [2.75, 3.05) is 13.1 Å². The van der Waals surface area contributed by atoms with Gasteiger partial charge >= 0.3 is 0 Å². The van der Waals surface area contributed by atoms with Crippen molar-refractivity contribution in [2.45, 2.75) is 18.8 Å². The van der Waals surface area contributed by atoms with E-state index in [4.69, 9.17) is 11.6 Å². The Morgan fingerprint density at radius 1 is 1.08 bits per heavy atom. The van der Waals surface area contributed by atoms with E-state index >= 15 is 0 Å². The number of aromatic nitrogens is 1. The van der Waals surface area contributed by atoms with Gasteiger partial charge in [0, 0.05) is 29.0 Å². The molecule has 0 unspecified atom stereocenters. The fraction of sp³-hybridized carbons (Fsp3) is 0.250. The maximum absolute atomic E-state index is 12.8. The van der Waals surface area contributed by atoms with Crippen molar-refractivity contribution in [1.82, 2.24) is 9.88 Å². The molecule has 2 heterocycles. The summed E-state index contributed by atoms with van der Waals surface area (Å²) in [6.07, 6.45) is 1.87. The molecule has 0 aliphatic carbocycles. The summed E-state index contributed by atoms with van der Waals surface area (Å²) in [7, 11) is 0. The minimum Gasteiger partial charge on any atom is -0.508 e. The van der Waals surface area contributed by atoms with Crippen molar-refractivity contribution in [3.05, 3.63) is 64.8 Å². The molecule has 2 N–H and O–H groups in total. The molecule has 1 aliphatic heterocycles. The van der Waals surface area contributed by atoms with E-state index in [9.17, 15) is 9.90 Å². The van der Waals surface area contributed by atoms with Gasteiger partial charge in [0.15, 0.2) is 0 Å². The monoisotopic (exact) mass is 354 g/mol. The number of rotatable bonds is 2. The number of halogens is 1. The normalized spacial score (nSPS) is 15.6. The molecule has 1 aliphatic rings. The molecular weight excluding hydrogens is 336 g/mol. The van der Waals surface area contributed by atoms with Crippen LogP contribution in [0, 0.1) is 0 Å². The van der Waals surface area contributed by atoms with E-state index in [-0.39, 0.29) is 11.7 Å². The minimum absolute atomic E-state index is 0.0384. The Hall–Kier alpha value is -2.46. The smallest absolute Gasteiger partial charge is 0.270 e. The van der Waals surface area contributed by atoms with Gasteiger partial charge in [-0.25, -0.2) is 0 Å². The lowest BCUT2D eigenvalue weighted by Crippen LogP contribution is -2.38. The van der Waals surface area contributed by atoms with Gasteiger partial charge in [0.05, 0.1) is 0 Å². The first-order valence-electron chi connectivity index (χ1n) is 8.46. The molecule has 3 aromatic rings. The Labute approximate surface area is 151 Å². The molecular formula is C20H19ClN2O2. The number of carbonyl (C=O) groups excluding carboxylic acids is 1. The number of phenols is 1. The molecule has 1 fully saturated rings. The van der Waals surface area contributed by atoms with E-state index in [1.165, 1.54) is 5.56 Å². The molecule has 128 valence electrons. The lowest BCUT2D eigenvalue weighted by molar-refractivity contribution is 0.0708. The second kappa shape index (κ2) is 6.45. The first-order valence-corrected chi connectivity index (χ1v) is 8.84. The number of aromatic hydroxyl groups is 1. The molecule has 1 saturated heterocycles. The number of nitrogens with one attached hydrogen (secondary N) is 1. The van der Waals surface area contributed by atoms with Crippen molar-refractivity contribution < 1.29 is 9.90 Å². The van der Waals surface area contributed by atoms with Crippen molar-refractivity contribution in [2.24, 2.45) is 0 Å². The van der Waals surface area contributed by atoms with Gasteiger partial charge in [-0.05, 0) is 60.7 Å². The number of fused-ring (bicyclic) bond motifs is 1. The third kappa shape index (κ3) is 3.22. The van der Waals surface area contributed by atoms with Crippen LogP contribution in [0.2, 0.25) is 5.02 Å². The molecule has 0 saturated carbocycles. The van der Waals surface area contributed by atoms with Crippen LogP contribution in [0.5, 0.6) is 5.75 Å². The van der Waals surface area contributed by atoms with Crippen molar-refractivity contribution >= 4 is 28.4 Å². The molecule has 25 heavy (non-hydrogen) atoms. The lowest BCUT2D eigenvalue weighted by atomic mass is 9.89. The van der Waals surface area contributed by atoms with E-state index in [0.717, 1.165) is 36.8 Å². The van der Waals surface area contributed by atoms with Crippen LogP contribution in [-0.2, 0) is 0 Å². The quantitative estimate of drug-likeness (QED) is 0.709. The number of carbonyl (C=O) groups is 1. The van der Waals surface area contributed by atoms with E-state index in [1.54, 1.807) is 12.1 Å². The Balaban J connectivity index is 1.46. The highest BCUT2D eigenvalue weighted by Gasteiger charge is 2.25. The zero-order chi connectivity index (χ0) is 17.4.